The topological polar surface area (TPSA) is 76.1 Å². The number of carbonyl (C=O) groups excluding carboxylic acids is 2. The second-order valence-electron chi connectivity index (χ2n) is 11.9. The maximum atomic E-state index is 13.1. The molecule has 2 fully saturated rings. The Labute approximate surface area is 227 Å². The first-order valence-electron chi connectivity index (χ1n) is 15.1. The fourth-order valence-electron chi connectivity index (χ4n) is 7.80. The molecule has 6 nitrogen and oxygen atoms in total. The maximum absolute atomic E-state index is 13.1. The van der Waals surface area contributed by atoms with E-state index in [0.29, 0.717) is 50.1 Å². The summed E-state index contributed by atoms with van der Waals surface area (Å²) in [6, 6.07) is 3.75. The largest absolute Gasteiger partial charge is 0.477 e. The van der Waals surface area contributed by atoms with Crippen molar-refractivity contribution in [3.63, 3.8) is 0 Å². The van der Waals surface area contributed by atoms with Gasteiger partial charge in [-0.15, -0.1) is 6.58 Å². The standard InChI is InChI=1S/C32H45NO5/c1-3-5-6-7-8-9-10-11-12-13-14-27(35)37-25-16-15-23-22-26-32(36)18-17-24(34)30-31(32,28(23)29(25)38-30)19-21-33(26)20-4-2/h4,15-16,26,30,36H,2-3,5-14,17-22H2,1H3. The number of rotatable bonds is 14. The van der Waals surface area contributed by atoms with Crippen LogP contribution in [0.4, 0.5) is 0 Å². The fraction of sp³-hybridized carbons (Fsp3) is 0.688. The molecule has 1 saturated heterocycles. The van der Waals surface area contributed by atoms with Gasteiger partial charge in [-0.3, -0.25) is 14.5 Å². The van der Waals surface area contributed by atoms with Crippen LogP contribution in [0, 0.1) is 0 Å². The van der Waals surface area contributed by atoms with E-state index in [0.717, 1.165) is 36.9 Å². The average Bonchev–Trinajstić information content (AvgIpc) is 3.26. The highest BCUT2D eigenvalue weighted by atomic mass is 16.6. The van der Waals surface area contributed by atoms with Gasteiger partial charge in [-0.2, -0.15) is 0 Å². The molecule has 0 radical (unpaired) electrons. The van der Waals surface area contributed by atoms with Crippen molar-refractivity contribution >= 4 is 11.8 Å². The van der Waals surface area contributed by atoms with Gasteiger partial charge in [0, 0.05) is 37.5 Å². The molecule has 2 aliphatic carbocycles. The second-order valence-corrected chi connectivity index (χ2v) is 11.9. The number of piperidine rings is 1. The van der Waals surface area contributed by atoms with Crippen molar-refractivity contribution in [3.8, 4) is 11.5 Å². The Hall–Kier alpha value is -2.18. The zero-order chi connectivity index (χ0) is 26.8. The normalized spacial score (nSPS) is 29.1. The van der Waals surface area contributed by atoms with Crippen LogP contribution >= 0.6 is 0 Å². The molecule has 4 atom stereocenters. The van der Waals surface area contributed by atoms with Gasteiger partial charge in [0.1, 0.15) is 0 Å². The fourth-order valence-corrected chi connectivity index (χ4v) is 7.80. The number of nitrogens with zero attached hydrogens (tertiary/aromatic N) is 1. The lowest BCUT2D eigenvalue weighted by Gasteiger charge is -2.62. The lowest BCUT2D eigenvalue weighted by atomic mass is 9.49. The van der Waals surface area contributed by atoms with Crippen LogP contribution in [0.15, 0.2) is 24.8 Å². The Morgan fingerprint density at radius 3 is 2.55 bits per heavy atom. The highest BCUT2D eigenvalue weighted by Crippen LogP contribution is 2.64. The Bertz CT molecular complexity index is 1050. The van der Waals surface area contributed by atoms with E-state index in [1.807, 2.05) is 18.2 Å². The molecule has 1 saturated carbocycles. The molecule has 0 amide bonds. The van der Waals surface area contributed by atoms with E-state index in [1.54, 1.807) is 0 Å². The third-order valence-electron chi connectivity index (χ3n) is 9.68. The Balaban J connectivity index is 1.24. The molecule has 1 aromatic carbocycles. The van der Waals surface area contributed by atoms with Crippen molar-refractivity contribution in [2.75, 3.05) is 13.1 Å². The number of ketones is 1. The van der Waals surface area contributed by atoms with Gasteiger partial charge in [0.2, 0.25) is 0 Å². The number of Topliss-reactive ketones (excluding diaryl/α,β-unsaturated/α-hetero) is 1. The van der Waals surface area contributed by atoms with Gasteiger partial charge in [0.05, 0.1) is 11.0 Å². The number of likely N-dealkylation sites (tertiary alicyclic amines) is 1. The SMILES string of the molecule is C=CCN1CCC23c4c5ccc(OC(=O)CCCCCCCCCCCC)c4OC2C(=O)CCC3(O)C1C5. The molecule has 0 aromatic heterocycles. The summed E-state index contributed by atoms with van der Waals surface area (Å²) in [6.45, 7) is 7.63. The van der Waals surface area contributed by atoms with Gasteiger partial charge in [0.25, 0.3) is 0 Å². The van der Waals surface area contributed by atoms with Crippen LogP contribution < -0.4 is 9.47 Å². The number of carbonyl (C=O) groups is 2. The molecule has 2 bridgehead atoms. The van der Waals surface area contributed by atoms with Crippen molar-refractivity contribution in [3.05, 3.63) is 35.9 Å². The third kappa shape index (κ3) is 4.62. The molecule has 1 spiro atoms. The van der Waals surface area contributed by atoms with Gasteiger partial charge in [0.15, 0.2) is 23.4 Å². The van der Waals surface area contributed by atoms with E-state index in [2.05, 4.69) is 18.4 Å². The van der Waals surface area contributed by atoms with Crippen molar-refractivity contribution in [2.24, 2.45) is 0 Å². The Kier molecular flexibility index (Phi) is 8.30. The van der Waals surface area contributed by atoms with Crippen molar-refractivity contribution in [1.29, 1.82) is 0 Å². The molecular weight excluding hydrogens is 478 g/mol. The minimum atomic E-state index is -1.05. The summed E-state index contributed by atoms with van der Waals surface area (Å²) in [5, 5.41) is 12.2. The van der Waals surface area contributed by atoms with Crippen molar-refractivity contribution in [1.82, 2.24) is 4.90 Å². The van der Waals surface area contributed by atoms with Crippen LogP contribution in [-0.2, 0) is 21.4 Å². The minimum Gasteiger partial charge on any atom is -0.477 e. The lowest BCUT2D eigenvalue weighted by Crippen LogP contribution is -2.76. The van der Waals surface area contributed by atoms with Crippen LogP contribution in [0.25, 0.3) is 0 Å². The van der Waals surface area contributed by atoms with Crippen molar-refractivity contribution < 1.29 is 24.2 Å². The van der Waals surface area contributed by atoms with Crippen LogP contribution in [0.5, 0.6) is 11.5 Å². The van der Waals surface area contributed by atoms with Crippen LogP contribution in [0.2, 0.25) is 0 Å². The molecule has 4 unspecified atom stereocenters. The molecule has 1 N–H and O–H groups in total. The molecule has 38 heavy (non-hydrogen) atoms. The van der Waals surface area contributed by atoms with Gasteiger partial charge in [-0.05, 0) is 37.3 Å². The molecule has 4 aliphatic rings. The number of unbranched alkanes of at least 4 members (excludes halogenated alkanes) is 9. The molecule has 5 rings (SSSR count). The van der Waals surface area contributed by atoms with E-state index in [4.69, 9.17) is 9.47 Å². The lowest BCUT2D eigenvalue weighted by molar-refractivity contribution is -0.187. The predicted octanol–water partition coefficient (Wildman–Crippen LogP) is 5.81. The van der Waals surface area contributed by atoms with Crippen LogP contribution in [-0.4, -0.2) is 52.6 Å². The maximum Gasteiger partial charge on any atom is 0.311 e. The number of aliphatic hydroxyl groups is 1. The van der Waals surface area contributed by atoms with E-state index in [9.17, 15) is 14.7 Å². The van der Waals surface area contributed by atoms with Gasteiger partial charge < -0.3 is 14.6 Å². The molecule has 2 heterocycles. The summed E-state index contributed by atoms with van der Waals surface area (Å²) < 4.78 is 12.2. The zero-order valence-corrected chi connectivity index (χ0v) is 23.1. The summed E-state index contributed by atoms with van der Waals surface area (Å²) >= 11 is 0. The highest BCUT2D eigenvalue weighted by molar-refractivity contribution is 5.90. The monoisotopic (exact) mass is 523 g/mol. The minimum absolute atomic E-state index is 0.0392. The summed E-state index contributed by atoms with van der Waals surface area (Å²) in [5.74, 6) is 0.685. The smallest absolute Gasteiger partial charge is 0.311 e. The number of hydrogen-bond donors (Lipinski definition) is 1. The molecule has 208 valence electrons. The first-order valence-corrected chi connectivity index (χ1v) is 15.1. The third-order valence-corrected chi connectivity index (χ3v) is 9.68. The number of ether oxygens (including phenoxy) is 2. The Morgan fingerprint density at radius 1 is 1.13 bits per heavy atom. The predicted molar refractivity (Wildman–Crippen MR) is 148 cm³/mol. The number of benzene rings is 1. The number of esters is 1. The summed E-state index contributed by atoms with van der Waals surface area (Å²) in [6.07, 6.45) is 15.8. The van der Waals surface area contributed by atoms with E-state index >= 15 is 0 Å². The van der Waals surface area contributed by atoms with Crippen LogP contribution in [0.1, 0.15) is 108 Å². The van der Waals surface area contributed by atoms with Gasteiger partial charge >= 0.3 is 5.97 Å². The quantitative estimate of drug-likeness (QED) is 0.143. The van der Waals surface area contributed by atoms with Gasteiger partial charge in [-0.25, -0.2) is 0 Å². The van der Waals surface area contributed by atoms with Crippen molar-refractivity contribution in [2.45, 2.75) is 126 Å². The second kappa shape index (κ2) is 11.5. The first kappa shape index (κ1) is 27.4. The van der Waals surface area contributed by atoms with E-state index in [1.165, 1.54) is 44.9 Å². The highest BCUT2D eigenvalue weighted by Gasteiger charge is 2.73. The van der Waals surface area contributed by atoms with E-state index < -0.39 is 17.1 Å². The van der Waals surface area contributed by atoms with Gasteiger partial charge in [-0.1, -0.05) is 76.9 Å². The number of hydrogen-bond acceptors (Lipinski definition) is 6. The van der Waals surface area contributed by atoms with E-state index in [-0.39, 0.29) is 17.8 Å². The molecule has 1 aromatic rings. The molecule has 2 aliphatic heterocycles. The molecule has 6 heteroatoms. The zero-order valence-electron chi connectivity index (χ0n) is 23.1. The summed E-state index contributed by atoms with van der Waals surface area (Å²) in [5.41, 5.74) is 0.183. The molecular formula is C32H45NO5. The Morgan fingerprint density at radius 2 is 1.84 bits per heavy atom. The first-order chi connectivity index (χ1) is 18.5. The van der Waals surface area contributed by atoms with Crippen LogP contribution in [0.3, 0.4) is 0 Å². The summed E-state index contributed by atoms with van der Waals surface area (Å²) in [7, 11) is 0. The average molecular weight is 524 g/mol. The summed E-state index contributed by atoms with van der Waals surface area (Å²) in [4.78, 5) is 28.2.